The van der Waals surface area contributed by atoms with Crippen LogP contribution in [0.5, 0.6) is 0 Å². The first-order valence-corrected chi connectivity index (χ1v) is 24.6. The van der Waals surface area contributed by atoms with Crippen molar-refractivity contribution in [2.24, 2.45) is 67.5 Å². The molecular formula is C50H74N4O11. The smallest absolute Gasteiger partial charge is 0.310 e. The fourth-order valence-electron chi connectivity index (χ4n) is 17.7. The number of carboxylic acid groups (broad SMARTS) is 1. The number of nitrogens with zero attached hydrogens (tertiary/aromatic N) is 1. The summed E-state index contributed by atoms with van der Waals surface area (Å²) in [6.45, 7) is 12.0. The SMILES string of the molecule is CC1(CO)CCC2(C(=O)O)CCC3(C)C(=CCC4C3(C)CC3C=CC5(CC6CC(=O)NC6C6(c7cnc[nH]7)CCNCC6)C(O)C(OC6OCC(O)C(O)C6O)C(C)(CO)C3C45C)C2C1. The maximum atomic E-state index is 14.0. The zero-order chi connectivity index (χ0) is 46.3. The van der Waals surface area contributed by atoms with E-state index in [9.17, 15) is 45.3 Å². The molecule has 4 bridgehead atoms. The molecule has 15 heteroatoms. The first-order valence-electron chi connectivity index (χ1n) is 24.6. The summed E-state index contributed by atoms with van der Waals surface area (Å²) in [6, 6.07) is -0.294. The van der Waals surface area contributed by atoms with Crippen molar-refractivity contribution in [1.82, 2.24) is 20.6 Å². The van der Waals surface area contributed by atoms with Crippen LogP contribution < -0.4 is 10.6 Å². The average Bonchev–Trinajstić information content (AvgIpc) is 3.97. The van der Waals surface area contributed by atoms with Crippen molar-refractivity contribution >= 4 is 11.9 Å². The first-order chi connectivity index (χ1) is 30.7. The number of carbonyl (C=O) groups excluding carboxylic acids is 1. The van der Waals surface area contributed by atoms with Crippen molar-refractivity contribution in [2.45, 2.75) is 154 Å². The molecule has 0 aromatic carbocycles. The average molecular weight is 907 g/mol. The van der Waals surface area contributed by atoms with Crippen LogP contribution in [0.2, 0.25) is 0 Å². The lowest BCUT2D eigenvalue weighted by Crippen LogP contribution is -2.78. The number of amides is 1. The topological polar surface area (TPSA) is 247 Å². The maximum Gasteiger partial charge on any atom is 0.310 e. The molecule has 65 heavy (non-hydrogen) atoms. The fourth-order valence-corrected chi connectivity index (χ4v) is 17.7. The molecule has 10 rings (SSSR count). The molecule has 1 aromatic rings. The number of hydrogen-bond acceptors (Lipinski definition) is 12. The number of allylic oxidation sites excluding steroid dienone is 3. The minimum atomic E-state index is -1.62. The number of aromatic amines is 1. The van der Waals surface area contributed by atoms with Crippen LogP contribution in [0.15, 0.2) is 36.3 Å². The Morgan fingerprint density at radius 3 is 2.37 bits per heavy atom. The first kappa shape index (κ1) is 46.0. The number of carbonyl (C=O) groups is 2. The van der Waals surface area contributed by atoms with E-state index in [-0.39, 0.29) is 67.8 Å². The highest BCUT2D eigenvalue weighted by Gasteiger charge is 2.79. The highest BCUT2D eigenvalue weighted by molar-refractivity contribution is 5.79. The highest BCUT2D eigenvalue weighted by Crippen LogP contribution is 2.81. The predicted octanol–water partition coefficient (Wildman–Crippen LogP) is 2.94. The number of H-pyrrole nitrogens is 1. The summed E-state index contributed by atoms with van der Waals surface area (Å²) >= 11 is 0. The second-order valence-corrected chi connectivity index (χ2v) is 23.9. The summed E-state index contributed by atoms with van der Waals surface area (Å²) in [4.78, 5) is 35.3. The molecule has 19 unspecified atom stereocenters. The molecular weight excluding hydrogens is 833 g/mol. The van der Waals surface area contributed by atoms with Crippen LogP contribution in [0.3, 0.4) is 0 Å². The number of aromatic nitrogens is 2. The minimum Gasteiger partial charge on any atom is -0.481 e. The van der Waals surface area contributed by atoms with Crippen LogP contribution in [-0.2, 0) is 24.5 Å². The van der Waals surface area contributed by atoms with Gasteiger partial charge in [0.05, 0.1) is 37.2 Å². The Hall–Kier alpha value is -2.73. The van der Waals surface area contributed by atoms with Gasteiger partial charge in [0, 0.05) is 47.2 Å². The highest BCUT2D eigenvalue weighted by atomic mass is 16.7. The number of aliphatic carboxylic acids is 1. The van der Waals surface area contributed by atoms with Gasteiger partial charge in [-0.1, -0.05) is 58.4 Å². The molecule has 15 nitrogen and oxygen atoms in total. The maximum absolute atomic E-state index is 14.0. The Bertz CT molecular complexity index is 2100. The fraction of sp³-hybridized carbons (Fsp3) is 0.820. The number of hydrogen-bond donors (Lipinski definition) is 10. The van der Waals surface area contributed by atoms with E-state index in [0.29, 0.717) is 44.9 Å². The van der Waals surface area contributed by atoms with Crippen LogP contribution in [0, 0.1) is 67.5 Å². The zero-order valence-corrected chi connectivity index (χ0v) is 38.8. The van der Waals surface area contributed by atoms with E-state index in [1.807, 2.05) is 13.1 Å². The third kappa shape index (κ3) is 6.01. The molecule has 3 aliphatic heterocycles. The number of rotatable bonds is 9. The van der Waals surface area contributed by atoms with Crippen LogP contribution >= 0.6 is 0 Å². The largest absolute Gasteiger partial charge is 0.481 e. The summed E-state index contributed by atoms with van der Waals surface area (Å²) in [7, 11) is 0. The number of aliphatic hydroxyl groups excluding tert-OH is 6. The second-order valence-electron chi connectivity index (χ2n) is 23.9. The molecule has 4 saturated carbocycles. The number of imidazole rings is 1. The van der Waals surface area contributed by atoms with Crippen LogP contribution in [0.4, 0.5) is 0 Å². The van der Waals surface area contributed by atoms with Gasteiger partial charge in [-0.25, -0.2) is 4.98 Å². The van der Waals surface area contributed by atoms with Gasteiger partial charge in [0.1, 0.15) is 18.3 Å². The molecule has 10 N–H and O–H groups in total. The van der Waals surface area contributed by atoms with E-state index in [0.717, 1.165) is 38.0 Å². The lowest BCUT2D eigenvalue weighted by Gasteiger charge is -2.78. The number of piperidine rings is 1. The van der Waals surface area contributed by atoms with Crippen LogP contribution in [-0.4, -0.2) is 133 Å². The van der Waals surface area contributed by atoms with Crippen LogP contribution in [0.25, 0.3) is 0 Å². The van der Waals surface area contributed by atoms with Gasteiger partial charge < -0.3 is 60.8 Å². The number of aliphatic hydroxyl groups is 6. The molecule has 1 amide bonds. The van der Waals surface area contributed by atoms with Crippen molar-refractivity contribution in [1.29, 1.82) is 0 Å². The molecule has 6 aliphatic carbocycles. The molecule has 19 atom stereocenters. The van der Waals surface area contributed by atoms with E-state index >= 15 is 0 Å². The van der Waals surface area contributed by atoms with Gasteiger partial charge in [-0.3, -0.25) is 9.59 Å². The van der Waals surface area contributed by atoms with E-state index in [1.165, 1.54) is 5.57 Å². The van der Waals surface area contributed by atoms with E-state index < -0.39 is 86.1 Å². The number of carboxylic acids is 1. The normalized spacial score (nSPS) is 52.1. The standard InChI is InChI=1S/C50H74N4O11/c1-43(24-55)10-12-48(42(62)63)13-11-45(3)29(30(48)21-43)6-7-32-46(45,4)19-27-8-9-50(20-28-18-34(58)54-38(28)49(14-16-51-17-15-49)33-22-52-26-53-33)39(61)40(44(2,25-56)37(27)47(32,50)5)65-41-36(60)35(59)31(57)23-64-41/h6,8-9,22,26-28,30-32,35-41,51,55-57,59-61H,7,10-21,23-25H2,1-5H3,(H,52,53)(H,54,58)(H,62,63). The molecule has 0 spiro atoms. The van der Waals surface area contributed by atoms with Crippen molar-refractivity contribution in [3.8, 4) is 0 Å². The summed E-state index contributed by atoms with van der Waals surface area (Å²) in [5.74, 6) is -1.72. The summed E-state index contributed by atoms with van der Waals surface area (Å²) in [5.41, 5.74) is -3.30. The van der Waals surface area contributed by atoms with Gasteiger partial charge in [0.25, 0.3) is 0 Å². The zero-order valence-electron chi connectivity index (χ0n) is 38.8. The Kier molecular flexibility index (Phi) is 10.9. The summed E-state index contributed by atoms with van der Waals surface area (Å²) < 4.78 is 12.6. The Balaban J connectivity index is 1.13. The minimum absolute atomic E-state index is 0.000742. The molecule has 9 aliphatic rings. The van der Waals surface area contributed by atoms with Crippen molar-refractivity contribution < 1.29 is 54.8 Å². The monoisotopic (exact) mass is 907 g/mol. The molecule has 1 aromatic heterocycles. The Morgan fingerprint density at radius 2 is 1.69 bits per heavy atom. The van der Waals surface area contributed by atoms with Crippen molar-refractivity contribution in [2.75, 3.05) is 32.9 Å². The number of nitrogens with one attached hydrogen (secondary N) is 3. The second kappa shape index (κ2) is 15.4. The molecule has 4 heterocycles. The Labute approximate surface area is 382 Å². The van der Waals surface area contributed by atoms with E-state index in [4.69, 9.17) is 9.47 Å². The van der Waals surface area contributed by atoms with E-state index in [1.54, 1.807) is 6.33 Å². The molecule has 3 saturated heterocycles. The van der Waals surface area contributed by atoms with Gasteiger partial charge in [-0.2, -0.15) is 0 Å². The van der Waals surface area contributed by atoms with Crippen molar-refractivity contribution in [3.05, 3.63) is 42.0 Å². The summed E-state index contributed by atoms with van der Waals surface area (Å²) in [5, 5.41) is 86.8. The van der Waals surface area contributed by atoms with Gasteiger partial charge in [0.15, 0.2) is 6.29 Å². The quantitative estimate of drug-likeness (QED) is 0.127. The number of ether oxygens (including phenoxy) is 2. The lowest BCUT2D eigenvalue weighted by atomic mass is 9.26. The van der Waals surface area contributed by atoms with Gasteiger partial charge in [-0.15, -0.1) is 0 Å². The van der Waals surface area contributed by atoms with Gasteiger partial charge >= 0.3 is 5.97 Å². The third-order valence-corrected chi connectivity index (χ3v) is 21.3. The van der Waals surface area contributed by atoms with Crippen molar-refractivity contribution in [3.63, 3.8) is 0 Å². The molecule has 7 fully saturated rings. The van der Waals surface area contributed by atoms with Crippen LogP contribution in [0.1, 0.15) is 111 Å². The number of fused-ring (bicyclic) bond motifs is 5. The third-order valence-electron chi connectivity index (χ3n) is 21.3. The molecule has 360 valence electrons. The van der Waals surface area contributed by atoms with Gasteiger partial charge in [-0.05, 0) is 129 Å². The van der Waals surface area contributed by atoms with Gasteiger partial charge in [0.2, 0.25) is 5.91 Å². The molecule has 0 radical (unpaired) electrons. The Morgan fingerprint density at radius 1 is 0.954 bits per heavy atom. The predicted molar refractivity (Wildman–Crippen MR) is 236 cm³/mol. The lowest BCUT2D eigenvalue weighted by molar-refractivity contribution is -0.359. The van der Waals surface area contributed by atoms with E-state index in [2.05, 4.69) is 66.5 Å². The summed E-state index contributed by atoms with van der Waals surface area (Å²) in [6.07, 6.45) is 8.73.